The van der Waals surface area contributed by atoms with Crippen LogP contribution in [-0.4, -0.2) is 38.6 Å². The summed E-state index contributed by atoms with van der Waals surface area (Å²) in [4.78, 5) is 0. The number of rotatable bonds is 8. The number of alkyl halides is 1. The van der Waals surface area contributed by atoms with Gasteiger partial charge in [0, 0.05) is 21.4 Å². The Bertz CT molecular complexity index is 207. The highest BCUT2D eigenvalue weighted by Gasteiger charge is 2.18. The largest absolute Gasteiger partial charge is 0.360 e. The zero-order valence-corrected chi connectivity index (χ0v) is 12.9. The molecule has 0 aromatic heterocycles. The quantitative estimate of drug-likeness (QED) is 0.128. The zero-order chi connectivity index (χ0) is 12.8. The van der Waals surface area contributed by atoms with Crippen molar-refractivity contribution in [3.63, 3.8) is 0 Å². The minimum Gasteiger partial charge on any atom is -0.360 e. The Morgan fingerprint density at radius 2 is 1.94 bits per heavy atom. The van der Waals surface area contributed by atoms with Gasteiger partial charge in [0.15, 0.2) is 0 Å². The standard InChI is InChI=1S/C11H25ClN2OSi/c1-10(2)11(12)14(13-3)9-15-7-8-16(4,5)6/h10-11H,3,7-9H2,1-2,4-6H3. The van der Waals surface area contributed by atoms with Crippen LogP contribution in [0.25, 0.3) is 0 Å². The average molecular weight is 265 g/mol. The van der Waals surface area contributed by atoms with Crippen LogP contribution in [0, 0.1) is 5.92 Å². The van der Waals surface area contributed by atoms with Crippen LogP contribution in [0.15, 0.2) is 5.10 Å². The molecule has 1 unspecified atom stereocenters. The van der Waals surface area contributed by atoms with Gasteiger partial charge in [0.2, 0.25) is 0 Å². The van der Waals surface area contributed by atoms with E-state index in [0.717, 1.165) is 12.7 Å². The second-order valence-electron chi connectivity index (χ2n) is 5.55. The van der Waals surface area contributed by atoms with E-state index in [1.54, 1.807) is 5.01 Å². The summed E-state index contributed by atoms with van der Waals surface area (Å²) >= 11 is 6.17. The summed E-state index contributed by atoms with van der Waals surface area (Å²) in [5.41, 5.74) is -0.149. The number of ether oxygens (including phenoxy) is 1. The van der Waals surface area contributed by atoms with Crippen LogP contribution in [0.1, 0.15) is 13.8 Å². The number of hydrogen-bond donors (Lipinski definition) is 0. The lowest BCUT2D eigenvalue weighted by molar-refractivity contribution is 0.0211. The first kappa shape index (κ1) is 15.9. The topological polar surface area (TPSA) is 24.8 Å². The monoisotopic (exact) mass is 264 g/mol. The summed E-state index contributed by atoms with van der Waals surface area (Å²) in [5.74, 6) is 0.327. The molecule has 0 rings (SSSR count). The third-order valence-corrected chi connectivity index (χ3v) is 4.67. The molecule has 0 amide bonds. The first-order valence-electron chi connectivity index (χ1n) is 5.73. The molecule has 0 bridgehead atoms. The third kappa shape index (κ3) is 7.25. The van der Waals surface area contributed by atoms with Crippen molar-refractivity contribution in [2.45, 2.75) is 45.0 Å². The predicted octanol–water partition coefficient (Wildman–Crippen LogP) is 3.44. The molecule has 0 aromatic rings. The first-order valence-corrected chi connectivity index (χ1v) is 9.87. The third-order valence-electron chi connectivity index (χ3n) is 2.24. The summed E-state index contributed by atoms with van der Waals surface area (Å²) in [7, 11) is -1.01. The van der Waals surface area contributed by atoms with Gasteiger partial charge >= 0.3 is 0 Å². The molecular formula is C11H25ClN2OSi. The molecule has 0 aliphatic heterocycles. The van der Waals surface area contributed by atoms with Gasteiger partial charge in [-0.15, -0.1) is 0 Å². The van der Waals surface area contributed by atoms with Crippen LogP contribution >= 0.6 is 11.6 Å². The van der Waals surface area contributed by atoms with Crippen molar-refractivity contribution >= 4 is 26.4 Å². The molecule has 0 N–H and O–H groups in total. The Kier molecular flexibility index (Phi) is 7.27. The molecule has 0 spiro atoms. The van der Waals surface area contributed by atoms with Crippen molar-refractivity contribution < 1.29 is 4.74 Å². The lowest BCUT2D eigenvalue weighted by atomic mass is 10.2. The fourth-order valence-electron chi connectivity index (χ4n) is 1.07. The van der Waals surface area contributed by atoms with E-state index in [1.165, 1.54) is 0 Å². The molecule has 16 heavy (non-hydrogen) atoms. The van der Waals surface area contributed by atoms with Gasteiger partial charge in [-0.2, -0.15) is 5.10 Å². The molecule has 0 saturated carbocycles. The molecule has 3 nitrogen and oxygen atoms in total. The van der Waals surface area contributed by atoms with E-state index >= 15 is 0 Å². The number of halogens is 1. The lowest BCUT2D eigenvalue weighted by Gasteiger charge is -2.26. The van der Waals surface area contributed by atoms with Gasteiger partial charge in [-0.1, -0.05) is 45.1 Å². The van der Waals surface area contributed by atoms with Crippen LogP contribution < -0.4 is 0 Å². The molecule has 0 aliphatic carbocycles. The van der Waals surface area contributed by atoms with Gasteiger partial charge in [0.1, 0.15) is 12.2 Å². The van der Waals surface area contributed by atoms with Crippen molar-refractivity contribution in [3.05, 3.63) is 0 Å². The fraction of sp³-hybridized carbons (Fsp3) is 0.909. The summed E-state index contributed by atoms with van der Waals surface area (Å²) < 4.78 is 5.58. The molecule has 1 atom stereocenters. The number of hydrogen-bond acceptors (Lipinski definition) is 3. The van der Waals surface area contributed by atoms with E-state index in [2.05, 4.69) is 45.3 Å². The van der Waals surface area contributed by atoms with Gasteiger partial charge in [0.25, 0.3) is 0 Å². The van der Waals surface area contributed by atoms with Gasteiger partial charge in [-0.25, -0.2) is 0 Å². The molecule has 0 aliphatic rings. The first-order chi connectivity index (χ1) is 7.28. The molecule has 5 heteroatoms. The minimum atomic E-state index is -1.01. The Hall–Kier alpha value is -0.0631. The molecular weight excluding hydrogens is 240 g/mol. The summed E-state index contributed by atoms with van der Waals surface area (Å²) in [5, 5.41) is 5.57. The highest BCUT2D eigenvalue weighted by molar-refractivity contribution is 6.76. The highest BCUT2D eigenvalue weighted by Crippen LogP contribution is 2.15. The molecule has 0 saturated heterocycles. The summed E-state index contributed by atoms with van der Waals surface area (Å²) in [6.07, 6.45) is 0. The maximum atomic E-state index is 6.17. The Morgan fingerprint density at radius 1 is 1.38 bits per heavy atom. The number of hydrazone groups is 1. The van der Waals surface area contributed by atoms with Gasteiger partial charge in [-0.3, -0.25) is 5.01 Å². The van der Waals surface area contributed by atoms with Crippen LogP contribution in [0.4, 0.5) is 0 Å². The number of nitrogens with zero attached hydrogens (tertiary/aromatic N) is 2. The van der Waals surface area contributed by atoms with Crippen molar-refractivity contribution in [2.75, 3.05) is 13.3 Å². The van der Waals surface area contributed by atoms with Gasteiger partial charge in [-0.05, 0) is 12.0 Å². The van der Waals surface area contributed by atoms with Crippen molar-refractivity contribution in [3.8, 4) is 0 Å². The molecule has 96 valence electrons. The normalized spacial score (nSPS) is 13.9. The summed E-state index contributed by atoms with van der Waals surface area (Å²) in [6.45, 7) is 15.8. The second kappa shape index (κ2) is 7.30. The molecule has 0 heterocycles. The van der Waals surface area contributed by atoms with Gasteiger partial charge in [0.05, 0.1) is 0 Å². The molecule has 0 aromatic carbocycles. The van der Waals surface area contributed by atoms with Crippen molar-refractivity contribution in [1.29, 1.82) is 0 Å². The molecule has 0 radical (unpaired) electrons. The SMILES string of the molecule is C=NN(COCC[Si](C)(C)C)C(Cl)C(C)C. The Morgan fingerprint density at radius 3 is 2.31 bits per heavy atom. The molecule has 0 fully saturated rings. The second-order valence-corrected chi connectivity index (χ2v) is 11.6. The van der Waals surface area contributed by atoms with Crippen molar-refractivity contribution in [1.82, 2.24) is 5.01 Å². The fourth-order valence-corrected chi connectivity index (χ4v) is 1.95. The van der Waals surface area contributed by atoms with Crippen LogP contribution in [0.2, 0.25) is 25.7 Å². The Balaban J connectivity index is 3.84. The van der Waals surface area contributed by atoms with E-state index in [0.29, 0.717) is 12.6 Å². The predicted molar refractivity (Wildman–Crippen MR) is 74.8 cm³/mol. The average Bonchev–Trinajstić information content (AvgIpc) is 2.15. The van der Waals surface area contributed by atoms with E-state index in [4.69, 9.17) is 16.3 Å². The minimum absolute atomic E-state index is 0.149. The van der Waals surface area contributed by atoms with E-state index in [-0.39, 0.29) is 5.50 Å². The van der Waals surface area contributed by atoms with Crippen LogP contribution in [0.5, 0.6) is 0 Å². The summed E-state index contributed by atoms with van der Waals surface area (Å²) in [6, 6.07) is 1.16. The highest BCUT2D eigenvalue weighted by atomic mass is 35.5. The van der Waals surface area contributed by atoms with E-state index in [1.807, 2.05) is 0 Å². The van der Waals surface area contributed by atoms with Crippen LogP contribution in [0.3, 0.4) is 0 Å². The maximum Gasteiger partial charge on any atom is 0.136 e. The maximum absolute atomic E-state index is 6.17. The lowest BCUT2D eigenvalue weighted by Crippen LogP contribution is -2.33. The zero-order valence-electron chi connectivity index (χ0n) is 11.2. The smallest absolute Gasteiger partial charge is 0.136 e. The van der Waals surface area contributed by atoms with E-state index < -0.39 is 8.07 Å². The van der Waals surface area contributed by atoms with Gasteiger partial charge < -0.3 is 4.74 Å². The Labute approximate surface area is 106 Å². The van der Waals surface area contributed by atoms with E-state index in [9.17, 15) is 0 Å². The van der Waals surface area contributed by atoms with Crippen molar-refractivity contribution in [2.24, 2.45) is 11.0 Å². The van der Waals surface area contributed by atoms with Crippen LogP contribution in [-0.2, 0) is 4.74 Å².